The number of nitrogens with zero attached hydrogens (tertiary/aromatic N) is 9. The van der Waals surface area contributed by atoms with Gasteiger partial charge in [-0.05, 0) is 130 Å². The van der Waals surface area contributed by atoms with Gasteiger partial charge in [0.05, 0.1) is 68.8 Å². The number of nitrogens with one attached hydrogen (secondary N) is 5. The molecule has 0 bridgehead atoms. The second-order valence-corrected chi connectivity index (χ2v) is 23.2. The van der Waals surface area contributed by atoms with E-state index >= 15 is 4.39 Å². The molecule has 25 nitrogen and oxygen atoms in total. The zero-order valence-corrected chi connectivity index (χ0v) is 51.3. The average molecular weight is 1230 g/mol. The zero-order valence-electron chi connectivity index (χ0n) is 51.3. The number of piperidine rings is 1. The summed E-state index contributed by atoms with van der Waals surface area (Å²) >= 11 is 0. The summed E-state index contributed by atoms with van der Waals surface area (Å²) in [6.45, 7) is 12.8. The van der Waals surface area contributed by atoms with E-state index in [2.05, 4.69) is 73.1 Å². The van der Waals surface area contributed by atoms with Crippen LogP contribution in [-0.4, -0.2) is 152 Å². The molecule has 2 aromatic carbocycles. The van der Waals surface area contributed by atoms with Gasteiger partial charge in [-0.1, -0.05) is 31.1 Å². The van der Waals surface area contributed by atoms with Crippen molar-refractivity contribution < 1.29 is 47.3 Å². The highest BCUT2D eigenvalue weighted by Gasteiger charge is 2.33. The van der Waals surface area contributed by atoms with E-state index in [0.717, 1.165) is 61.4 Å². The minimum absolute atomic E-state index is 0.0270. The van der Waals surface area contributed by atoms with Crippen LogP contribution in [0.2, 0.25) is 0 Å². The molecule has 4 atom stereocenters. The lowest BCUT2D eigenvalue weighted by Crippen LogP contribution is -2.54. The van der Waals surface area contributed by atoms with Crippen molar-refractivity contribution in [1.82, 2.24) is 40.7 Å². The van der Waals surface area contributed by atoms with Gasteiger partial charge >= 0.3 is 12.1 Å². The molecule has 26 heteroatoms. The number of fused-ring (bicyclic) bond motifs is 1. The molecule has 1 aliphatic carbocycles. The Morgan fingerprint density at radius 1 is 0.843 bits per heavy atom. The van der Waals surface area contributed by atoms with Gasteiger partial charge in [0.2, 0.25) is 17.7 Å². The molecule has 0 radical (unpaired) electrons. The van der Waals surface area contributed by atoms with E-state index in [1.807, 2.05) is 49.5 Å². The average Bonchev–Trinajstić information content (AvgIpc) is 1.85. The Morgan fingerprint density at radius 2 is 1.61 bits per heavy atom. The quantitative estimate of drug-likeness (QED) is 0.0109. The van der Waals surface area contributed by atoms with E-state index in [0.29, 0.717) is 85.8 Å². The molecular weight excluding hydrogens is 1150 g/mol. The number of carbonyl (C=O) groups is 5. The van der Waals surface area contributed by atoms with Gasteiger partial charge < -0.3 is 65.6 Å². The van der Waals surface area contributed by atoms with Crippen LogP contribution in [0.1, 0.15) is 99.3 Å². The Bertz CT molecular complexity index is 3310. The number of pyridine rings is 3. The fourth-order valence-corrected chi connectivity index (χ4v) is 11.1. The number of hydrogen-bond donors (Lipinski definition) is 6. The summed E-state index contributed by atoms with van der Waals surface area (Å²) in [4.78, 5) is 97.8. The van der Waals surface area contributed by atoms with Crippen molar-refractivity contribution in [2.75, 3.05) is 94.0 Å². The highest BCUT2D eigenvalue weighted by Crippen LogP contribution is 2.39. The SMILES string of the molecule is Cc1ccc(N2CCC[C@H](N(Cc3ccnc(C)c3)Cc3cn(C4CC4)c4cc(N5CC[C@@H](NC(=O)OCc6ccc(NC(=O)[C@H](CCCNC(N)=O)NC(=O)[C@@H](NC(=O)CCOCCOCCOCCN=[N+]=[N-])C(C)C)cc6)C5)c(F)cc4c3=O)C2)cn1. The van der Waals surface area contributed by atoms with Crippen LogP contribution in [0.5, 0.6) is 0 Å². The summed E-state index contributed by atoms with van der Waals surface area (Å²) in [5.74, 6) is -2.41. The molecule has 8 rings (SSSR count). The fraction of sp³-hybridized carbons (Fsp3) is 0.524. The lowest BCUT2D eigenvalue weighted by molar-refractivity contribution is -0.132. The maximum atomic E-state index is 16.5. The summed E-state index contributed by atoms with van der Waals surface area (Å²) in [7, 11) is 0. The molecule has 2 aliphatic heterocycles. The third-order valence-corrected chi connectivity index (χ3v) is 15.9. The van der Waals surface area contributed by atoms with Gasteiger partial charge in [-0.15, -0.1) is 0 Å². The van der Waals surface area contributed by atoms with Crippen LogP contribution in [0.15, 0.2) is 89.2 Å². The number of halogens is 1. The van der Waals surface area contributed by atoms with E-state index in [1.165, 1.54) is 6.07 Å². The molecule has 3 fully saturated rings. The lowest BCUT2D eigenvalue weighted by Gasteiger charge is -2.40. The summed E-state index contributed by atoms with van der Waals surface area (Å²) in [6, 6.07) is 15.3. The number of benzene rings is 2. The zero-order chi connectivity index (χ0) is 63.2. The summed E-state index contributed by atoms with van der Waals surface area (Å²) < 4.78 is 40.4. The van der Waals surface area contributed by atoms with Crippen molar-refractivity contribution in [3.63, 3.8) is 0 Å². The van der Waals surface area contributed by atoms with Crippen molar-refractivity contribution >= 4 is 57.8 Å². The Kier molecular flexibility index (Phi) is 24.9. The molecule has 1 saturated carbocycles. The van der Waals surface area contributed by atoms with Crippen molar-refractivity contribution in [2.24, 2.45) is 16.8 Å². The summed E-state index contributed by atoms with van der Waals surface area (Å²) in [6.07, 6.45) is 9.88. The number of aromatic nitrogens is 3. The molecule has 3 aromatic heterocycles. The van der Waals surface area contributed by atoms with Crippen molar-refractivity contribution in [3.8, 4) is 0 Å². The van der Waals surface area contributed by atoms with E-state index in [9.17, 15) is 28.8 Å². The minimum atomic E-state index is -1.07. The van der Waals surface area contributed by atoms with Gasteiger partial charge in [0.25, 0.3) is 0 Å². The minimum Gasteiger partial charge on any atom is -0.445 e. The smallest absolute Gasteiger partial charge is 0.407 e. The summed E-state index contributed by atoms with van der Waals surface area (Å²) in [5.41, 5.74) is 20.1. The molecule has 3 aliphatic rings. The Labute approximate surface area is 517 Å². The number of urea groups is 1. The maximum absolute atomic E-state index is 16.5. The van der Waals surface area contributed by atoms with Crippen LogP contribution in [-0.2, 0) is 53.0 Å². The van der Waals surface area contributed by atoms with E-state index in [1.54, 1.807) is 44.2 Å². The largest absolute Gasteiger partial charge is 0.445 e. The molecular formula is C63H84FN15O10. The molecule has 2 saturated heterocycles. The molecule has 6 amide bonds. The fourth-order valence-electron chi connectivity index (χ4n) is 11.1. The van der Waals surface area contributed by atoms with Crippen molar-refractivity contribution in [2.45, 2.75) is 129 Å². The monoisotopic (exact) mass is 1230 g/mol. The Balaban J connectivity index is 0.826. The number of alkyl carbamates (subject to hydrolysis) is 1. The molecule has 0 unspecified atom stereocenters. The first-order valence-electron chi connectivity index (χ1n) is 30.7. The maximum Gasteiger partial charge on any atom is 0.407 e. The number of carbonyl (C=O) groups excluding carboxylic acids is 5. The standard InChI is InChI=1S/C63H84FN15O10/c1-41(2)58(74-57(80)19-25-86-27-29-88-30-28-87-26-22-70-75-66)61(83)73-54(8-5-20-68-62(65)84)60(82)71-47-12-10-44(11-13-47)40-89-63(85)72-48-18-24-77(38-48)56-33-55-52(32-53(56)64)59(81)46(37-79(55)49-15-16-49)36-78(35-45-17-21-67-43(4)31-45)51-7-6-23-76(39-51)50-14-9-42(3)69-34-50/h9-14,17,21,31-34,37,41,48-49,51,54,58H,5-8,15-16,18-20,22-30,35-36,38-40H2,1-4H3,(H,71,82)(H,72,85)(H,73,83)(H,74,80)(H3,65,68,84)/t48-,51+,54+,58+/m1/s1. The van der Waals surface area contributed by atoms with Crippen LogP contribution in [0, 0.1) is 25.6 Å². The van der Waals surface area contributed by atoms with Gasteiger partial charge in [0, 0.05) is 116 Å². The number of aryl methyl sites for hydroxylation is 2. The van der Waals surface area contributed by atoms with E-state index < -0.39 is 47.7 Å². The highest BCUT2D eigenvalue weighted by molar-refractivity contribution is 5.98. The number of azide groups is 1. The molecule has 7 N–H and O–H groups in total. The lowest BCUT2D eigenvalue weighted by atomic mass is 10.0. The van der Waals surface area contributed by atoms with Crippen LogP contribution in [0.25, 0.3) is 21.3 Å². The topological polar surface area (TPSA) is 315 Å². The molecule has 89 heavy (non-hydrogen) atoms. The molecule has 0 spiro atoms. The van der Waals surface area contributed by atoms with Gasteiger partial charge in [0.15, 0.2) is 5.43 Å². The highest BCUT2D eigenvalue weighted by atomic mass is 19.1. The van der Waals surface area contributed by atoms with E-state index in [4.69, 9.17) is 30.2 Å². The molecule has 5 aromatic rings. The van der Waals surface area contributed by atoms with Crippen LogP contribution in [0.3, 0.4) is 0 Å². The van der Waals surface area contributed by atoms with Gasteiger partial charge in [-0.25, -0.2) is 14.0 Å². The normalized spacial score (nSPS) is 16.4. The van der Waals surface area contributed by atoms with Crippen molar-refractivity contribution in [1.29, 1.82) is 0 Å². The van der Waals surface area contributed by atoms with Crippen LogP contribution >= 0.6 is 0 Å². The molecule has 478 valence electrons. The first-order chi connectivity index (χ1) is 43.0. The number of anilines is 3. The Hall–Kier alpha value is -8.42. The number of primary amides is 1. The molecule has 5 heterocycles. The predicted octanol–water partition coefficient (Wildman–Crippen LogP) is 6.82. The van der Waals surface area contributed by atoms with Crippen LogP contribution in [0.4, 0.5) is 31.0 Å². The third-order valence-electron chi connectivity index (χ3n) is 15.9. The van der Waals surface area contributed by atoms with E-state index in [-0.39, 0.29) is 88.3 Å². The van der Waals surface area contributed by atoms with Crippen LogP contribution < -0.4 is 47.5 Å². The first-order valence-corrected chi connectivity index (χ1v) is 30.7. The third kappa shape index (κ3) is 20.3. The second-order valence-electron chi connectivity index (χ2n) is 23.2. The van der Waals surface area contributed by atoms with Gasteiger partial charge in [-0.3, -0.25) is 34.0 Å². The first kappa shape index (κ1) is 66.5. The second kappa shape index (κ2) is 33.2. The number of amides is 6. The van der Waals surface area contributed by atoms with Gasteiger partial charge in [0.1, 0.15) is 24.5 Å². The predicted molar refractivity (Wildman–Crippen MR) is 334 cm³/mol. The number of rotatable bonds is 33. The van der Waals surface area contributed by atoms with Gasteiger partial charge in [-0.2, -0.15) is 0 Å². The number of nitrogens with two attached hydrogens (primary N) is 1. The number of hydrogen-bond acceptors (Lipinski definition) is 16. The summed E-state index contributed by atoms with van der Waals surface area (Å²) in [5, 5.41) is 17.5. The Morgan fingerprint density at radius 3 is 2.31 bits per heavy atom. The van der Waals surface area contributed by atoms with Crippen molar-refractivity contribution in [3.05, 3.63) is 134 Å². The number of ether oxygens (including phenoxy) is 4.